The Labute approximate surface area is 194 Å². The minimum atomic E-state index is -0.294. The Morgan fingerprint density at radius 1 is 1.12 bits per heavy atom. The lowest BCUT2D eigenvalue weighted by atomic mass is 10.0. The van der Waals surface area contributed by atoms with E-state index < -0.39 is 0 Å². The molecule has 9 heteroatoms. The molecule has 0 spiro atoms. The molecule has 2 aromatic carbocycles. The summed E-state index contributed by atoms with van der Waals surface area (Å²) in [6.07, 6.45) is 3.82. The minimum Gasteiger partial charge on any atom is -0.497 e. The number of carbonyl (C=O) groups excluding carboxylic acids is 1. The number of rotatable bonds is 7. The lowest BCUT2D eigenvalue weighted by Crippen LogP contribution is -2.28. The first kappa shape index (κ1) is 21.0. The van der Waals surface area contributed by atoms with Crippen LogP contribution in [0.1, 0.15) is 23.8 Å². The van der Waals surface area contributed by atoms with Crippen molar-refractivity contribution in [1.82, 2.24) is 19.8 Å². The van der Waals surface area contributed by atoms with Gasteiger partial charge in [-0.05, 0) is 54.1 Å². The molecule has 0 N–H and O–H groups in total. The van der Waals surface area contributed by atoms with Crippen molar-refractivity contribution in [3.05, 3.63) is 90.6 Å². The molecule has 5 rings (SSSR count). The molecule has 1 atom stereocenters. The van der Waals surface area contributed by atoms with Crippen LogP contribution in [0, 0.1) is 0 Å². The van der Waals surface area contributed by atoms with Crippen LogP contribution < -0.4 is 4.74 Å². The SMILES string of the molecule is COc1ccc(C2=NN(C(=O)CSc3nncn3-c3ccccc3)C(c3ccco3)C2)cc1. The van der Waals surface area contributed by atoms with Gasteiger partial charge in [-0.15, -0.1) is 10.2 Å². The molecule has 0 bridgehead atoms. The number of amides is 1. The summed E-state index contributed by atoms with van der Waals surface area (Å²) in [5, 5.41) is 15.0. The molecule has 0 aliphatic carbocycles. The fourth-order valence-corrected chi connectivity index (χ4v) is 4.46. The van der Waals surface area contributed by atoms with Crippen LogP contribution in [0.3, 0.4) is 0 Å². The highest BCUT2D eigenvalue weighted by atomic mass is 32.2. The van der Waals surface area contributed by atoms with Crippen LogP contribution in [0.15, 0.2) is 94.0 Å². The smallest absolute Gasteiger partial charge is 0.253 e. The van der Waals surface area contributed by atoms with Gasteiger partial charge in [0, 0.05) is 12.1 Å². The fraction of sp³-hybridized carbons (Fsp3) is 0.167. The zero-order valence-electron chi connectivity index (χ0n) is 17.9. The van der Waals surface area contributed by atoms with Gasteiger partial charge in [-0.3, -0.25) is 9.36 Å². The molecule has 2 aromatic heterocycles. The van der Waals surface area contributed by atoms with Gasteiger partial charge in [0.1, 0.15) is 23.9 Å². The van der Waals surface area contributed by atoms with E-state index >= 15 is 0 Å². The topological polar surface area (TPSA) is 85.8 Å². The molecule has 0 saturated heterocycles. The highest BCUT2D eigenvalue weighted by molar-refractivity contribution is 7.99. The van der Waals surface area contributed by atoms with Gasteiger partial charge in [0.25, 0.3) is 5.91 Å². The van der Waals surface area contributed by atoms with Crippen LogP contribution in [0.25, 0.3) is 5.69 Å². The molecule has 166 valence electrons. The molecule has 1 unspecified atom stereocenters. The summed E-state index contributed by atoms with van der Waals surface area (Å²) < 4.78 is 12.7. The first-order valence-electron chi connectivity index (χ1n) is 10.4. The molecule has 4 aromatic rings. The Morgan fingerprint density at radius 3 is 2.67 bits per heavy atom. The Bertz CT molecular complexity index is 1250. The Kier molecular flexibility index (Phi) is 5.95. The van der Waals surface area contributed by atoms with E-state index in [0.717, 1.165) is 22.7 Å². The van der Waals surface area contributed by atoms with Gasteiger partial charge in [-0.2, -0.15) is 5.10 Å². The molecular weight excluding hydrogens is 438 g/mol. The Balaban J connectivity index is 1.36. The summed E-state index contributed by atoms with van der Waals surface area (Å²) in [5.74, 6) is 1.51. The van der Waals surface area contributed by atoms with Crippen molar-refractivity contribution in [2.75, 3.05) is 12.9 Å². The molecule has 1 aliphatic heterocycles. The molecule has 0 fully saturated rings. The van der Waals surface area contributed by atoms with Gasteiger partial charge in [-0.25, -0.2) is 5.01 Å². The average Bonchev–Trinajstić information content (AvgIpc) is 3.63. The van der Waals surface area contributed by atoms with Crippen molar-refractivity contribution in [2.24, 2.45) is 5.10 Å². The first-order valence-corrected chi connectivity index (χ1v) is 11.4. The zero-order valence-corrected chi connectivity index (χ0v) is 18.7. The number of hydrogen-bond acceptors (Lipinski definition) is 7. The maximum Gasteiger partial charge on any atom is 0.253 e. The number of aromatic nitrogens is 3. The fourth-order valence-electron chi connectivity index (χ4n) is 3.68. The molecule has 1 aliphatic rings. The lowest BCUT2D eigenvalue weighted by molar-refractivity contribution is -0.130. The molecular formula is C24H21N5O3S. The number of nitrogens with zero attached hydrogens (tertiary/aromatic N) is 5. The second kappa shape index (κ2) is 9.33. The number of para-hydroxylation sites is 1. The number of methoxy groups -OCH3 is 1. The van der Waals surface area contributed by atoms with E-state index in [4.69, 9.17) is 9.15 Å². The second-order valence-corrected chi connectivity index (χ2v) is 8.30. The molecule has 1 amide bonds. The highest BCUT2D eigenvalue weighted by Crippen LogP contribution is 2.34. The number of ether oxygens (including phenoxy) is 1. The first-order chi connectivity index (χ1) is 16.2. The van der Waals surface area contributed by atoms with Gasteiger partial charge < -0.3 is 9.15 Å². The monoisotopic (exact) mass is 459 g/mol. The summed E-state index contributed by atoms with van der Waals surface area (Å²) in [4.78, 5) is 13.3. The van der Waals surface area contributed by atoms with Gasteiger partial charge in [0.2, 0.25) is 0 Å². The van der Waals surface area contributed by atoms with Gasteiger partial charge in [0.15, 0.2) is 5.16 Å². The third kappa shape index (κ3) is 4.40. The van der Waals surface area contributed by atoms with Crippen molar-refractivity contribution in [2.45, 2.75) is 17.6 Å². The Hall–Kier alpha value is -3.85. The van der Waals surface area contributed by atoms with Crippen molar-refractivity contribution in [3.8, 4) is 11.4 Å². The number of benzene rings is 2. The standard InChI is InChI=1S/C24H21N5O3S/c1-31-19-11-9-17(10-12-19)20-14-21(22-8-5-13-32-22)29(27-20)23(30)15-33-24-26-25-16-28(24)18-6-3-2-4-7-18/h2-13,16,21H,14-15H2,1H3. The molecule has 0 radical (unpaired) electrons. The van der Waals surface area contributed by atoms with E-state index in [2.05, 4.69) is 15.3 Å². The van der Waals surface area contributed by atoms with E-state index in [1.165, 1.54) is 16.8 Å². The number of hydrogen-bond donors (Lipinski definition) is 0. The maximum absolute atomic E-state index is 13.3. The predicted molar refractivity (Wildman–Crippen MR) is 125 cm³/mol. The lowest BCUT2D eigenvalue weighted by Gasteiger charge is -2.19. The summed E-state index contributed by atoms with van der Waals surface area (Å²) in [6, 6.07) is 20.8. The normalized spacial score (nSPS) is 15.5. The van der Waals surface area contributed by atoms with Gasteiger partial charge >= 0.3 is 0 Å². The third-order valence-corrected chi connectivity index (χ3v) is 6.26. The molecule has 8 nitrogen and oxygen atoms in total. The maximum atomic E-state index is 13.3. The van der Waals surface area contributed by atoms with Crippen molar-refractivity contribution in [1.29, 1.82) is 0 Å². The summed E-state index contributed by atoms with van der Waals surface area (Å²) in [6.45, 7) is 0. The average molecular weight is 460 g/mol. The quantitative estimate of drug-likeness (QED) is 0.382. The van der Waals surface area contributed by atoms with E-state index in [9.17, 15) is 4.79 Å². The number of carbonyl (C=O) groups is 1. The van der Waals surface area contributed by atoms with Crippen molar-refractivity contribution in [3.63, 3.8) is 0 Å². The van der Waals surface area contributed by atoms with Crippen LogP contribution in [-0.4, -0.2) is 44.3 Å². The summed E-state index contributed by atoms with van der Waals surface area (Å²) in [7, 11) is 1.63. The van der Waals surface area contributed by atoms with E-state index in [-0.39, 0.29) is 17.7 Å². The number of furan rings is 1. The summed E-state index contributed by atoms with van der Waals surface area (Å²) >= 11 is 1.33. The van der Waals surface area contributed by atoms with Crippen LogP contribution >= 0.6 is 11.8 Å². The van der Waals surface area contributed by atoms with Crippen molar-refractivity contribution < 1.29 is 13.9 Å². The van der Waals surface area contributed by atoms with E-state index in [1.807, 2.05) is 71.3 Å². The number of thioether (sulfide) groups is 1. The van der Waals surface area contributed by atoms with Gasteiger partial charge in [-0.1, -0.05) is 30.0 Å². The molecule has 0 saturated carbocycles. The van der Waals surface area contributed by atoms with Gasteiger partial charge in [0.05, 0.1) is 24.8 Å². The van der Waals surface area contributed by atoms with Crippen LogP contribution in [0.2, 0.25) is 0 Å². The number of hydrazone groups is 1. The van der Waals surface area contributed by atoms with Crippen molar-refractivity contribution >= 4 is 23.4 Å². The van der Waals surface area contributed by atoms with E-state index in [1.54, 1.807) is 19.7 Å². The summed E-state index contributed by atoms with van der Waals surface area (Å²) in [5.41, 5.74) is 2.70. The largest absolute Gasteiger partial charge is 0.497 e. The zero-order chi connectivity index (χ0) is 22.6. The predicted octanol–water partition coefficient (Wildman–Crippen LogP) is 4.34. The highest BCUT2D eigenvalue weighted by Gasteiger charge is 2.35. The van der Waals surface area contributed by atoms with Crippen LogP contribution in [0.4, 0.5) is 0 Å². The Morgan fingerprint density at radius 2 is 1.94 bits per heavy atom. The van der Waals surface area contributed by atoms with E-state index in [0.29, 0.717) is 17.3 Å². The van der Waals surface area contributed by atoms with Crippen LogP contribution in [0.5, 0.6) is 5.75 Å². The molecule has 33 heavy (non-hydrogen) atoms. The molecule has 3 heterocycles. The minimum absolute atomic E-state index is 0.132. The van der Waals surface area contributed by atoms with Crippen LogP contribution in [-0.2, 0) is 4.79 Å². The second-order valence-electron chi connectivity index (χ2n) is 7.36. The third-order valence-electron chi connectivity index (χ3n) is 5.34.